The molecule has 0 unspecified atom stereocenters. The Hall–Kier alpha value is -1.41. The van der Waals surface area contributed by atoms with E-state index in [2.05, 4.69) is 4.90 Å². The normalized spacial score (nSPS) is 21.3. The van der Waals surface area contributed by atoms with Gasteiger partial charge in [-0.05, 0) is 30.3 Å². The summed E-state index contributed by atoms with van der Waals surface area (Å²) in [4.78, 5) is 7.20. The third-order valence-electron chi connectivity index (χ3n) is 5.98. The van der Waals surface area contributed by atoms with Crippen molar-refractivity contribution in [1.82, 2.24) is 0 Å². The molecule has 2 aromatic carbocycles. The van der Waals surface area contributed by atoms with E-state index < -0.39 is 11.7 Å². The number of anilines is 2. The van der Waals surface area contributed by atoms with Crippen molar-refractivity contribution < 1.29 is 23.0 Å². The molecule has 8 heteroatoms. The van der Waals surface area contributed by atoms with Gasteiger partial charge in [0.15, 0.2) is 0 Å². The lowest BCUT2D eigenvalue weighted by Crippen LogP contribution is -3.28. The number of para-hydroxylation sites is 1. The van der Waals surface area contributed by atoms with E-state index in [9.17, 15) is 13.2 Å². The van der Waals surface area contributed by atoms with Gasteiger partial charge in [0.1, 0.15) is 26.2 Å². The predicted octanol–water partition coefficient (Wildman–Crippen LogP) is 2.72. The van der Waals surface area contributed by atoms with E-state index in [1.807, 2.05) is 24.3 Å². The molecule has 0 saturated carbocycles. The van der Waals surface area contributed by atoms with E-state index in [1.54, 1.807) is 27.6 Å². The van der Waals surface area contributed by atoms with Crippen LogP contribution >= 0.6 is 23.4 Å². The molecule has 0 amide bonds. The molecule has 0 atom stereocenters. The van der Waals surface area contributed by atoms with Crippen LogP contribution in [-0.4, -0.2) is 51.7 Å². The molecular formula is C22H27ClF3N3S+2. The number of alkyl halides is 4. The number of rotatable bonds is 6. The average molecular weight is 458 g/mol. The molecule has 2 aliphatic heterocycles. The first kappa shape index (κ1) is 21.8. The van der Waals surface area contributed by atoms with E-state index in [4.69, 9.17) is 11.6 Å². The zero-order chi connectivity index (χ0) is 21.1. The van der Waals surface area contributed by atoms with Crippen LogP contribution in [0.15, 0.2) is 52.3 Å². The van der Waals surface area contributed by atoms with E-state index >= 15 is 0 Å². The molecule has 1 fully saturated rings. The molecule has 0 aliphatic carbocycles. The summed E-state index contributed by atoms with van der Waals surface area (Å²) in [5, 5.41) is 0. The van der Waals surface area contributed by atoms with Crippen molar-refractivity contribution in [3.05, 3.63) is 48.0 Å². The maximum atomic E-state index is 13.3. The summed E-state index contributed by atoms with van der Waals surface area (Å²) in [6.45, 7) is 7.32. The molecule has 0 radical (unpaired) electrons. The number of halogens is 4. The van der Waals surface area contributed by atoms with E-state index in [0.717, 1.165) is 61.2 Å². The van der Waals surface area contributed by atoms with E-state index in [0.29, 0.717) is 18.1 Å². The van der Waals surface area contributed by atoms with Gasteiger partial charge in [0.05, 0.1) is 35.9 Å². The Bertz CT molecular complexity index is 869. The minimum atomic E-state index is -4.34. The molecule has 4 rings (SSSR count). The zero-order valence-electron chi connectivity index (χ0n) is 16.8. The number of nitrogens with zero attached hydrogens (tertiary/aromatic N) is 1. The van der Waals surface area contributed by atoms with Gasteiger partial charge in [-0.3, -0.25) is 0 Å². The lowest BCUT2D eigenvalue weighted by molar-refractivity contribution is -1.01. The Morgan fingerprint density at radius 3 is 2.27 bits per heavy atom. The third-order valence-corrected chi connectivity index (χ3v) is 7.30. The maximum Gasteiger partial charge on any atom is 0.416 e. The third kappa shape index (κ3) is 4.90. The fraction of sp³-hybridized carbons (Fsp3) is 0.455. The van der Waals surface area contributed by atoms with Gasteiger partial charge in [0, 0.05) is 22.8 Å². The quantitative estimate of drug-likeness (QED) is 0.647. The number of hydrogen-bond donors (Lipinski definition) is 2. The van der Waals surface area contributed by atoms with Crippen LogP contribution < -0.4 is 14.7 Å². The number of benzene rings is 2. The summed E-state index contributed by atoms with van der Waals surface area (Å²) in [7, 11) is 0. The number of fused-ring (bicyclic) bond motifs is 2. The van der Waals surface area contributed by atoms with Gasteiger partial charge in [-0.15, -0.1) is 11.6 Å². The van der Waals surface area contributed by atoms with Crippen LogP contribution in [-0.2, 0) is 6.18 Å². The Morgan fingerprint density at radius 1 is 0.900 bits per heavy atom. The van der Waals surface area contributed by atoms with Crippen molar-refractivity contribution in [1.29, 1.82) is 0 Å². The highest BCUT2D eigenvalue weighted by Gasteiger charge is 2.33. The van der Waals surface area contributed by atoms with Crippen LogP contribution in [0.4, 0.5) is 24.5 Å². The molecule has 2 heterocycles. The van der Waals surface area contributed by atoms with E-state index in [1.165, 1.54) is 12.1 Å². The Morgan fingerprint density at radius 2 is 1.57 bits per heavy atom. The van der Waals surface area contributed by atoms with Crippen molar-refractivity contribution in [3.63, 3.8) is 0 Å². The van der Waals surface area contributed by atoms with Crippen molar-refractivity contribution in [3.8, 4) is 0 Å². The molecular weight excluding hydrogens is 431 g/mol. The van der Waals surface area contributed by atoms with Gasteiger partial charge in [-0.25, -0.2) is 0 Å². The molecule has 0 spiro atoms. The average Bonchev–Trinajstić information content (AvgIpc) is 2.73. The summed E-state index contributed by atoms with van der Waals surface area (Å²) < 4.78 is 40.0. The van der Waals surface area contributed by atoms with Crippen LogP contribution in [0.3, 0.4) is 0 Å². The second-order valence-corrected chi connectivity index (χ2v) is 9.41. The first-order chi connectivity index (χ1) is 14.5. The van der Waals surface area contributed by atoms with Gasteiger partial charge in [-0.2, -0.15) is 13.2 Å². The fourth-order valence-corrected chi connectivity index (χ4v) is 5.67. The predicted molar refractivity (Wildman–Crippen MR) is 115 cm³/mol. The fourth-order valence-electron chi connectivity index (χ4n) is 4.32. The summed E-state index contributed by atoms with van der Waals surface area (Å²) in [5.74, 6) is 0.705. The lowest BCUT2D eigenvalue weighted by Gasteiger charge is -2.34. The van der Waals surface area contributed by atoms with Crippen molar-refractivity contribution in [2.75, 3.05) is 56.6 Å². The van der Waals surface area contributed by atoms with Crippen LogP contribution in [0.1, 0.15) is 12.0 Å². The first-order valence-corrected chi connectivity index (χ1v) is 11.8. The van der Waals surface area contributed by atoms with Crippen molar-refractivity contribution in [2.24, 2.45) is 0 Å². The molecule has 3 nitrogen and oxygen atoms in total. The molecule has 0 aromatic heterocycles. The largest absolute Gasteiger partial charge is 0.416 e. The number of nitrogens with one attached hydrogen (secondary N) is 2. The highest BCUT2D eigenvalue weighted by Crippen LogP contribution is 2.49. The topological polar surface area (TPSA) is 12.1 Å². The van der Waals surface area contributed by atoms with Gasteiger partial charge >= 0.3 is 6.18 Å². The molecule has 2 N–H and O–H groups in total. The summed E-state index contributed by atoms with van der Waals surface area (Å²) >= 11 is 7.40. The van der Waals surface area contributed by atoms with Gasteiger partial charge in [0.2, 0.25) is 0 Å². The molecule has 162 valence electrons. The number of piperazine rings is 1. The Balaban J connectivity index is 1.47. The molecule has 0 bridgehead atoms. The number of quaternary nitrogens is 2. The van der Waals surface area contributed by atoms with Crippen molar-refractivity contribution in [2.45, 2.75) is 22.4 Å². The minimum Gasteiger partial charge on any atom is -0.339 e. The smallest absolute Gasteiger partial charge is 0.339 e. The maximum absolute atomic E-state index is 13.3. The Labute approximate surface area is 184 Å². The summed E-state index contributed by atoms with van der Waals surface area (Å²) in [6, 6.07) is 12.1. The van der Waals surface area contributed by atoms with E-state index in [-0.39, 0.29) is 0 Å². The number of hydrogen-bond acceptors (Lipinski definition) is 2. The standard InChI is InChI=1S/C22H25ClF3N3S/c23-8-11-28-14-12-27(13-15-28)9-3-10-29-18-4-1-2-5-20(18)30-21-7-6-17(16-19(21)29)22(24,25)26/h1-2,4-7,16H,3,8-15H2/p+2. The first-order valence-electron chi connectivity index (χ1n) is 10.4. The van der Waals surface area contributed by atoms with Gasteiger partial charge in [-0.1, -0.05) is 23.9 Å². The van der Waals surface area contributed by atoms with Gasteiger partial charge in [0.25, 0.3) is 0 Å². The highest BCUT2D eigenvalue weighted by molar-refractivity contribution is 7.99. The van der Waals surface area contributed by atoms with Gasteiger partial charge < -0.3 is 14.7 Å². The van der Waals surface area contributed by atoms with Crippen LogP contribution in [0.2, 0.25) is 0 Å². The van der Waals surface area contributed by atoms with Crippen LogP contribution in [0.25, 0.3) is 0 Å². The summed E-state index contributed by atoms with van der Waals surface area (Å²) in [5.41, 5.74) is 1.08. The van der Waals surface area contributed by atoms with Crippen LogP contribution in [0, 0.1) is 0 Å². The van der Waals surface area contributed by atoms with Crippen molar-refractivity contribution >= 4 is 34.7 Å². The molecule has 2 aliphatic rings. The van der Waals surface area contributed by atoms with Crippen LogP contribution in [0.5, 0.6) is 0 Å². The zero-order valence-corrected chi connectivity index (χ0v) is 18.3. The monoisotopic (exact) mass is 457 g/mol. The summed E-state index contributed by atoms with van der Waals surface area (Å²) in [6.07, 6.45) is -3.40. The Kier molecular flexibility index (Phi) is 6.82. The SMILES string of the molecule is FC(F)(F)c1ccc2c(c1)N(CCC[NH+]1CC[NH+](CCCl)CC1)c1ccccc1S2. The second-order valence-electron chi connectivity index (χ2n) is 7.94. The lowest BCUT2D eigenvalue weighted by atomic mass is 10.1. The highest BCUT2D eigenvalue weighted by atomic mass is 35.5. The molecule has 30 heavy (non-hydrogen) atoms. The minimum absolute atomic E-state index is 0.588. The molecule has 1 saturated heterocycles. The molecule has 2 aromatic rings. The second kappa shape index (κ2) is 9.39.